The Bertz CT molecular complexity index is 478. The van der Waals surface area contributed by atoms with Crippen molar-refractivity contribution in [3.8, 4) is 0 Å². The molecule has 0 aliphatic heterocycles. The predicted octanol–water partition coefficient (Wildman–Crippen LogP) is 3.03. The number of aromatic nitrogens is 1. The van der Waals surface area contributed by atoms with Gasteiger partial charge in [-0.25, -0.2) is 9.78 Å². The van der Waals surface area contributed by atoms with E-state index in [1.54, 1.807) is 7.11 Å². The number of pyridine rings is 1. The molecular formula is C16H25N3O2. The van der Waals surface area contributed by atoms with Gasteiger partial charge in [-0.05, 0) is 56.2 Å². The number of carbonyl (C=O) groups is 1. The van der Waals surface area contributed by atoms with Gasteiger partial charge in [0.05, 0.1) is 0 Å². The third-order valence-electron chi connectivity index (χ3n) is 4.21. The zero-order chi connectivity index (χ0) is 15.3. The maximum absolute atomic E-state index is 12.0. The van der Waals surface area contributed by atoms with Gasteiger partial charge in [-0.2, -0.15) is 0 Å². The molecular weight excluding hydrogens is 266 g/mol. The van der Waals surface area contributed by atoms with Gasteiger partial charge >= 0.3 is 6.03 Å². The molecule has 1 saturated carbocycles. The van der Waals surface area contributed by atoms with E-state index in [0.29, 0.717) is 12.4 Å². The van der Waals surface area contributed by atoms with Crippen molar-refractivity contribution >= 4 is 11.8 Å². The van der Waals surface area contributed by atoms with Crippen LogP contribution in [0.15, 0.2) is 12.1 Å². The number of nitrogens with one attached hydrogen (secondary N) is 2. The fourth-order valence-electron chi connectivity index (χ4n) is 2.84. The number of hydrogen-bond donors (Lipinski definition) is 2. The minimum atomic E-state index is -0.184. The summed E-state index contributed by atoms with van der Waals surface area (Å²) in [5, 5.41) is 5.78. The van der Waals surface area contributed by atoms with Crippen LogP contribution in [0.1, 0.15) is 36.9 Å². The number of hydrogen-bond acceptors (Lipinski definition) is 3. The highest BCUT2D eigenvalue weighted by molar-refractivity contribution is 5.88. The lowest BCUT2D eigenvalue weighted by molar-refractivity contribution is 0.0717. The van der Waals surface area contributed by atoms with Crippen LogP contribution in [0.25, 0.3) is 0 Å². The van der Waals surface area contributed by atoms with E-state index >= 15 is 0 Å². The molecule has 0 unspecified atom stereocenters. The molecule has 0 saturated heterocycles. The van der Waals surface area contributed by atoms with Crippen molar-refractivity contribution in [1.29, 1.82) is 0 Å². The van der Waals surface area contributed by atoms with E-state index in [1.807, 2.05) is 26.0 Å². The van der Waals surface area contributed by atoms with Crippen molar-refractivity contribution < 1.29 is 9.53 Å². The van der Waals surface area contributed by atoms with Crippen LogP contribution < -0.4 is 10.6 Å². The average molecular weight is 291 g/mol. The van der Waals surface area contributed by atoms with Crippen molar-refractivity contribution in [2.24, 2.45) is 5.41 Å². The smallest absolute Gasteiger partial charge is 0.320 e. The summed E-state index contributed by atoms with van der Waals surface area (Å²) in [6.07, 6.45) is 4.58. The molecule has 1 aliphatic carbocycles. The van der Waals surface area contributed by atoms with Gasteiger partial charge in [0, 0.05) is 26.0 Å². The Hall–Kier alpha value is -1.62. The Morgan fingerprint density at radius 3 is 2.71 bits per heavy atom. The molecule has 2 N–H and O–H groups in total. The second kappa shape index (κ2) is 6.89. The molecule has 1 heterocycles. The molecule has 0 atom stereocenters. The molecule has 0 bridgehead atoms. The van der Waals surface area contributed by atoms with Gasteiger partial charge in [-0.15, -0.1) is 0 Å². The lowest BCUT2D eigenvalue weighted by Gasteiger charge is -2.42. The first-order chi connectivity index (χ1) is 10.0. The van der Waals surface area contributed by atoms with Gasteiger partial charge in [0.1, 0.15) is 5.82 Å². The Labute approximate surface area is 126 Å². The zero-order valence-corrected chi connectivity index (χ0v) is 13.2. The first-order valence-electron chi connectivity index (χ1n) is 7.52. The number of carbonyl (C=O) groups excluding carboxylic acids is 1. The third-order valence-corrected chi connectivity index (χ3v) is 4.21. The van der Waals surface area contributed by atoms with E-state index in [-0.39, 0.29) is 11.4 Å². The Morgan fingerprint density at radius 1 is 1.38 bits per heavy atom. The predicted molar refractivity (Wildman–Crippen MR) is 83.5 cm³/mol. The van der Waals surface area contributed by atoms with Crippen LogP contribution in [-0.2, 0) is 4.74 Å². The second-order valence-corrected chi connectivity index (χ2v) is 6.08. The lowest BCUT2D eigenvalue weighted by atomic mass is 9.67. The highest BCUT2D eigenvalue weighted by atomic mass is 16.5. The standard InChI is InChI=1S/C16H25N3O2/c1-12-9-13(2)18-14(10-12)19-15(20)17-11-16(5-4-6-16)7-8-21-3/h9-10H,4-8,11H2,1-3H3,(H2,17,18,19,20). The minimum Gasteiger partial charge on any atom is -0.385 e. The highest BCUT2D eigenvalue weighted by Gasteiger charge is 2.36. The molecule has 5 heteroatoms. The summed E-state index contributed by atoms with van der Waals surface area (Å²) >= 11 is 0. The van der Waals surface area contributed by atoms with Gasteiger partial charge in [0.15, 0.2) is 0 Å². The molecule has 1 aliphatic rings. The largest absolute Gasteiger partial charge is 0.385 e. The Morgan fingerprint density at radius 2 is 2.14 bits per heavy atom. The van der Waals surface area contributed by atoms with E-state index in [4.69, 9.17) is 4.74 Å². The van der Waals surface area contributed by atoms with Crippen LogP contribution in [0, 0.1) is 19.3 Å². The fraction of sp³-hybridized carbons (Fsp3) is 0.625. The molecule has 0 radical (unpaired) electrons. The summed E-state index contributed by atoms with van der Waals surface area (Å²) in [5.74, 6) is 0.601. The minimum absolute atomic E-state index is 0.184. The molecule has 0 spiro atoms. The van der Waals surface area contributed by atoms with Gasteiger partial charge in [0.2, 0.25) is 0 Å². The maximum Gasteiger partial charge on any atom is 0.320 e. The van der Waals surface area contributed by atoms with Crippen molar-refractivity contribution in [2.45, 2.75) is 39.5 Å². The summed E-state index contributed by atoms with van der Waals surface area (Å²) in [5.41, 5.74) is 2.22. The summed E-state index contributed by atoms with van der Waals surface area (Å²) in [6.45, 7) is 5.37. The van der Waals surface area contributed by atoms with Crippen molar-refractivity contribution in [3.05, 3.63) is 23.4 Å². The molecule has 1 aromatic heterocycles. The number of ether oxygens (including phenoxy) is 1. The monoisotopic (exact) mass is 291 g/mol. The van der Waals surface area contributed by atoms with E-state index in [2.05, 4.69) is 15.6 Å². The molecule has 116 valence electrons. The van der Waals surface area contributed by atoms with Crippen LogP contribution in [0.2, 0.25) is 0 Å². The van der Waals surface area contributed by atoms with Crippen LogP contribution >= 0.6 is 0 Å². The number of amides is 2. The SMILES string of the molecule is COCCC1(CNC(=O)Nc2cc(C)cc(C)n2)CCC1. The van der Waals surface area contributed by atoms with Crippen LogP contribution in [0.5, 0.6) is 0 Å². The quantitative estimate of drug-likeness (QED) is 0.847. The molecule has 1 aromatic rings. The Kier molecular flexibility index (Phi) is 5.17. The molecule has 21 heavy (non-hydrogen) atoms. The first kappa shape index (κ1) is 15.8. The van der Waals surface area contributed by atoms with E-state index in [0.717, 1.165) is 24.3 Å². The topological polar surface area (TPSA) is 63.2 Å². The molecule has 2 amide bonds. The highest BCUT2D eigenvalue weighted by Crippen LogP contribution is 2.43. The summed E-state index contributed by atoms with van der Waals surface area (Å²) < 4.78 is 5.16. The van der Waals surface area contributed by atoms with Gasteiger partial charge < -0.3 is 10.1 Å². The van der Waals surface area contributed by atoms with Gasteiger partial charge in [-0.1, -0.05) is 6.42 Å². The van der Waals surface area contributed by atoms with Crippen LogP contribution in [0.3, 0.4) is 0 Å². The average Bonchev–Trinajstić information content (AvgIpc) is 2.36. The number of urea groups is 1. The van der Waals surface area contributed by atoms with Crippen molar-refractivity contribution in [2.75, 3.05) is 25.6 Å². The normalized spacial score (nSPS) is 16.1. The molecule has 5 nitrogen and oxygen atoms in total. The van der Waals surface area contributed by atoms with E-state index in [1.165, 1.54) is 19.3 Å². The summed E-state index contributed by atoms with van der Waals surface area (Å²) in [6, 6.07) is 3.67. The van der Waals surface area contributed by atoms with Crippen molar-refractivity contribution in [1.82, 2.24) is 10.3 Å². The number of rotatable bonds is 6. The van der Waals surface area contributed by atoms with Crippen molar-refractivity contribution in [3.63, 3.8) is 0 Å². The maximum atomic E-state index is 12.0. The molecule has 1 fully saturated rings. The summed E-state index contributed by atoms with van der Waals surface area (Å²) in [7, 11) is 1.72. The molecule has 2 rings (SSSR count). The van der Waals surface area contributed by atoms with Gasteiger partial charge in [-0.3, -0.25) is 5.32 Å². The number of methoxy groups -OCH3 is 1. The van der Waals surface area contributed by atoms with Crippen LogP contribution in [0.4, 0.5) is 10.6 Å². The fourth-order valence-corrected chi connectivity index (χ4v) is 2.84. The van der Waals surface area contributed by atoms with Crippen LogP contribution in [-0.4, -0.2) is 31.3 Å². The number of nitrogens with zero attached hydrogens (tertiary/aromatic N) is 1. The van der Waals surface area contributed by atoms with Gasteiger partial charge in [0.25, 0.3) is 0 Å². The first-order valence-corrected chi connectivity index (χ1v) is 7.52. The van der Waals surface area contributed by atoms with E-state index in [9.17, 15) is 4.79 Å². The second-order valence-electron chi connectivity index (χ2n) is 6.08. The zero-order valence-electron chi connectivity index (χ0n) is 13.2. The Balaban J connectivity index is 1.84. The number of anilines is 1. The lowest BCUT2D eigenvalue weighted by Crippen LogP contribution is -2.44. The number of aryl methyl sites for hydroxylation is 2. The molecule has 0 aromatic carbocycles. The third kappa shape index (κ3) is 4.43. The van der Waals surface area contributed by atoms with E-state index < -0.39 is 0 Å². The summed E-state index contributed by atoms with van der Waals surface area (Å²) in [4.78, 5) is 16.3.